The summed E-state index contributed by atoms with van der Waals surface area (Å²) in [5, 5.41) is 16.4. The van der Waals surface area contributed by atoms with Crippen molar-refractivity contribution in [3.05, 3.63) is 17.5 Å². The van der Waals surface area contributed by atoms with Gasteiger partial charge in [0.05, 0.1) is 12.3 Å². The maximum Gasteiger partial charge on any atom is 0.106 e. The molecule has 0 atom stereocenters. The first kappa shape index (κ1) is 9.46. The van der Waals surface area contributed by atoms with E-state index in [0.29, 0.717) is 0 Å². The molecule has 68 valence electrons. The van der Waals surface area contributed by atoms with E-state index in [0.717, 1.165) is 24.1 Å². The third-order valence-corrected chi connectivity index (χ3v) is 1.61. The van der Waals surface area contributed by atoms with Gasteiger partial charge < -0.3 is 0 Å². The Bertz CT molecular complexity index is 343. The fraction of sp³-hybridized carbons (Fsp3) is 0.444. The van der Waals surface area contributed by atoms with Gasteiger partial charge in [-0.25, -0.2) is 0 Å². The van der Waals surface area contributed by atoms with Gasteiger partial charge in [0, 0.05) is 12.6 Å². The summed E-state index contributed by atoms with van der Waals surface area (Å²) in [6, 6.07) is 2.14. The highest BCUT2D eigenvalue weighted by Gasteiger charge is 1.97. The number of allylic oxidation sites excluding steroid dienone is 1. The van der Waals surface area contributed by atoms with Crippen molar-refractivity contribution in [2.24, 2.45) is 7.05 Å². The predicted octanol–water partition coefficient (Wildman–Crippen LogP) is 1.52. The zero-order valence-electron chi connectivity index (χ0n) is 7.86. The van der Waals surface area contributed by atoms with Gasteiger partial charge in [-0.1, -0.05) is 18.6 Å². The second-order valence-electron chi connectivity index (χ2n) is 2.85. The molecule has 1 aromatic heterocycles. The molecule has 4 heteroatoms. The van der Waals surface area contributed by atoms with Gasteiger partial charge in [-0.2, -0.15) is 5.26 Å². The van der Waals surface area contributed by atoms with E-state index in [2.05, 4.69) is 16.4 Å². The molecular formula is C9H12N4. The Labute approximate surface area is 77.5 Å². The van der Waals surface area contributed by atoms with Gasteiger partial charge in [-0.05, 0) is 12.5 Å². The maximum absolute atomic E-state index is 8.75. The minimum absolute atomic E-state index is 0.743. The Kier molecular flexibility index (Phi) is 3.21. The normalized spacial score (nSPS) is 11.3. The van der Waals surface area contributed by atoms with E-state index in [1.807, 2.05) is 6.92 Å². The molecule has 0 fully saturated rings. The van der Waals surface area contributed by atoms with Gasteiger partial charge in [0.25, 0.3) is 0 Å². The van der Waals surface area contributed by atoms with Crippen molar-refractivity contribution in [3.63, 3.8) is 0 Å². The Morgan fingerprint density at radius 3 is 3.00 bits per heavy atom. The minimum Gasteiger partial charge on any atom is -0.255 e. The topological polar surface area (TPSA) is 54.5 Å². The van der Waals surface area contributed by atoms with Crippen molar-refractivity contribution >= 4 is 6.08 Å². The van der Waals surface area contributed by atoms with Gasteiger partial charge in [-0.3, -0.25) is 4.68 Å². The van der Waals surface area contributed by atoms with Crippen molar-refractivity contribution in [1.82, 2.24) is 15.0 Å². The van der Waals surface area contributed by atoms with Crippen LogP contribution in [0.3, 0.4) is 0 Å². The van der Waals surface area contributed by atoms with Gasteiger partial charge >= 0.3 is 0 Å². The highest BCUT2D eigenvalue weighted by molar-refractivity contribution is 5.52. The van der Waals surface area contributed by atoms with Crippen molar-refractivity contribution in [2.75, 3.05) is 0 Å². The minimum atomic E-state index is 0.743. The third-order valence-electron chi connectivity index (χ3n) is 1.61. The smallest absolute Gasteiger partial charge is 0.106 e. The lowest BCUT2D eigenvalue weighted by atomic mass is 10.1. The highest BCUT2D eigenvalue weighted by atomic mass is 15.4. The number of nitriles is 1. The summed E-state index contributed by atoms with van der Waals surface area (Å²) in [6.45, 7) is 2.04. The fourth-order valence-electron chi connectivity index (χ4n) is 1.04. The molecule has 0 aliphatic carbocycles. The fourth-order valence-corrected chi connectivity index (χ4v) is 1.04. The molecule has 0 amide bonds. The molecule has 0 radical (unpaired) electrons. The number of hydrogen-bond donors (Lipinski definition) is 0. The molecule has 0 aromatic carbocycles. The van der Waals surface area contributed by atoms with E-state index in [-0.39, 0.29) is 0 Å². The quantitative estimate of drug-likeness (QED) is 0.656. The summed E-state index contributed by atoms with van der Waals surface area (Å²) in [7, 11) is 1.80. The maximum atomic E-state index is 8.75. The van der Waals surface area contributed by atoms with E-state index in [1.54, 1.807) is 24.0 Å². The summed E-state index contributed by atoms with van der Waals surface area (Å²) >= 11 is 0. The molecule has 0 spiro atoms. The van der Waals surface area contributed by atoms with Crippen LogP contribution in [-0.4, -0.2) is 15.0 Å². The molecule has 0 aliphatic rings. The molecule has 1 aromatic rings. The molecule has 1 rings (SSSR count). The third kappa shape index (κ3) is 2.71. The van der Waals surface area contributed by atoms with Gasteiger partial charge in [0.1, 0.15) is 5.69 Å². The molecular weight excluding hydrogens is 164 g/mol. The van der Waals surface area contributed by atoms with Crippen LogP contribution in [-0.2, 0) is 7.05 Å². The summed E-state index contributed by atoms with van der Waals surface area (Å²) in [5.74, 6) is 0. The molecule has 0 bridgehead atoms. The SMILES string of the molecule is CCC/C(C#N)=C\c1cn(C)nn1. The number of hydrogen-bond acceptors (Lipinski definition) is 3. The largest absolute Gasteiger partial charge is 0.255 e. The van der Waals surface area contributed by atoms with E-state index in [1.165, 1.54) is 0 Å². The van der Waals surface area contributed by atoms with Crippen molar-refractivity contribution in [2.45, 2.75) is 19.8 Å². The van der Waals surface area contributed by atoms with Crippen LogP contribution in [0.2, 0.25) is 0 Å². The summed E-state index contributed by atoms with van der Waals surface area (Å²) < 4.78 is 1.62. The Morgan fingerprint density at radius 1 is 1.77 bits per heavy atom. The van der Waals surface area contributed by atoms with Crippen LogP contribution in [0.4, 0.5) is 0 Å². The monoisotopic (exact) mass is 176 g/mol. The average molecular weight is 176 g/mol. The lowest BCUT2D eigenvalue weighted by Crippen LogP contribution is -1.85. The molecule has 0 aliphatic heterocycles. The first-order valence-electron chi connectivity index (χ1n) is 4.23. The number of aromatic nitrogens is 3. The van der Waals surface area contributed by atoms with Crippen LogP contribution in [0.25, 0.3) is 6.08 Å². The first-order chi connectivity index (χ1) is 6.26. The van der Waals surface area contributed by atoms with Crippen LogP contribution in [0.15, 0.2) is 11.8 Å². The van der Waals surface area contributed by atoms with E-state index in [4.69, 9.17) is 5.26 Å². The van der Waals surface area contributed by atoms with Crippen LogP contribution in [0.5, 0.6) is 0 Å². The van der Waals surface area contributed by atoms with Crippen molar-refractivity contribution in [3.8, 4) is 6.07 Å². The number of aryl methyl sites for hydroxylation is 1. The average Bonchev–Trinajstić information content (AvgIpc) is 2.50. The molecule has 1 heterocycles. The zero-order valence-corrected chi connectivity index (χ0v) is 7.86. The van der Waals surface area contributed by atoms with Crippen LogP contribution in [0, 0.1) is 11.3 Å². The molecule has 13 heavy (non-hydrogen) atoms. The molecule has 0 saturated carbocycles. The molecule has 0 unspecified atom stereocenters. The summed E-state index contributed by atoms with van der Waals surface area (Å²) in [4.78, 5) is 0. The highest BCUT2D eigenvalue weighted by Crippen LogP contribution is 2.07. The summed E-state index contributed by atoms with van der Waals surface area (Å²) in [6.07, 6.45) is 5.33. The van der Waals surface area contributed by atoms with Crippen LogP contribution < -0.4 is 0 Å². The lowest BCUT2D eigenvalue weighted by Gasteiger charge is -1.90. The second kappa shape index (κ2) is 4.41. The first-order valence-corrected chi connectivity index (χ1v) is 4.23. The second-order valence-corrected chi connectivity index (χ2v) is 2.85. The lowest BCUT2D eigenvalue weighted by molar-refractivity contribution is 0.714. The Balaban J connectivity index is 2.80. The van der Waals surface area contributed by atoms with Gasteiger partial charge in [-0.15, -0.1) is 5.10 Å². The summed E-state index contributed by atoms with van der Waals surface area (Å²) in [5.41, 5.74) is 1.50. The standard InChI is InChI=1S/C9H12N4/c1-3-4-8(6-10)5-9-7-13(2)12-11-9/h5,7H,3-4H2,1-2H3/b8-5+. The van der Waals surface area contributed by atoms with Gasteiger partial charge in [0.2, 0.25) is 0 Å². The zero-order chi connectivity index (χ0) is 9.68. The van der Waals surface area contributed by atoms with E-state index >= 15 is 0 Å². The van der Waals surface area contributed by atoms with Crippen LogP contribution in [0.1, 0.15) is 25.5 Å². The van der Waals surface area contributed by atoms with Crippen molar-refractivity contribution in [1.29, 1.82) is 5.26 Å². The van der Waals surface area contributed by atoms with Crippen molar-refractivity contribution < 1.29 is 0 Å². The van der Waals surface area contributed by atoms with E-state index < -0.39 is 0 Å². The van der Waals surface area contributed by atoms with Crippen LogP contribution >= 0.6 is 0 Å². The number of rotatable bonds is 3. The molecule has 4 nitrogen and oxygen atoms in total. The number of nitrogens with zero attached hydrogens (tertiary/aromatic N) is 4. The Hall–Kier alpha value is -1.63. The molecule has 0 N–H and O–H groups in total. The predicted molar refractivity (Wildman–Crippen MR) is 49.5 cm³/mol. The van der Waals surface area contributed by atoms with Gasteiger partial charge in [0.15, 0.2) is 0 Å². The Morgan fingerprint density at radius 2 is 2.54 bits per heavy atom. The molecule has 0 saturated heterocycles. The van der Waals surface area contributed by atoms with E-state index in [9.17, 15) is 0 Å².